The minimum Gasteiger partial charge on any atom is -0.455 e. The summed E-state index contributed by atoms with van der Waals surface area (Å²) >= 11 is 0. The van der Waals surface area contributed by atoms with Crippen molar-refractivity contribution in [3.8, 4) is 0 Å². The molecule has 34 heavy (non-hydrogen) atoms. The van der Waals surface area contributed by atoms with E-state index in [1.54, 1.807) is 0 Å². The second-order valence-electron chi connectivity index (χ2n) is 14.6. The Balaban J connectivity index is 1.56. The van der Waals surface area contributed by atoms with E-state index < -0.39 is 16.6 Å². The summed E-state index contributed by atoms with van der Waals surface area (Å²) in [5.41, 5.74) is -0.466. The van der Waals surface area contributed by atoms with Crippen LogP contribution >= 0.6 is 0 Å². The lowest BCUT2D eigenvalue weighted by atomic mass is 9.35. The quantitative estimate of drug-likeness (QED) is 0.446. The molecule has 0 aromatic heterocycles. The third kappa shape index (κ3) is 2.24. The van der Waals surface area contributed by atoms with Crippen molar-refractivity contribution in [2.75, 3.05) is 0 Å². The normalized spacial score (nSPS) is 57.3. The van der Waals surface area contributed by atoms with Crippen LogP contribution in [0.5, 0.6) is 0 Å². The summed E-state index contributed by atoms with van der Waals surface area (Å²) in [6.07, 6.45) is 11.9. The summed E-state index contributed by atoms with van der Waals surface area (Å²) < 4.78 is 5.94. The van der Waals surface area contributed by atoms with E-state index in [1.807, 2.05) is 13.8 Å². The number of aliphatic hydroxyl groups is 2. The fourth-order valence-corrected chi connectivity index (χ4v) is 10.5. The first-order valence-corrected chi connectivity index (χ1v) is 13.7. The topological polar surface area (TPSA) is 66.8 Å². The Hall–Kier alpha value is -1.13. The van der Waals surface area contributed by atoms with Gasteiger partial charge in [0.15, 0.2) is 0 Å². The van der Waals surface area contributed by atoms with Gasteiger partial charge in [-0.1, -0.05) is 46.8 Å². The lowest BCUT2D eigenvalue weighted by molar-refractivity contribution is -0.238. The van der Waals surface area contributed by atoms with E-state index >= 15 is 0 Å². The Bertz CT molecular complexity index is 1040. The molecule has 0 aromatic rings. The van der Waals surface area contributed by atoms with Crippen LogP contribution in [-0.2, 0) is 9.53 Å². The van der Waals surface area contributed by atoms with E-state index in [9.17, 15) is 15.0 Å². The van der Waals surface area contributed by atoms with Crippen molar-refractivity contribution in [3.05, 3.63) is 23.3 Å². The maximum absolute atomic E-state index is 13.4. The smallest absolute Gasteiger partial charge is 0.317 e. The molecule has 2 N–H and O–H groups in total. The molecular formula is C30H44O4. The summed E-state index contributed by atoms with van der Waals surface area (Å²) in [6.45, 7) is 15.8. The zero-order valence-corrected chi connectivity index (χ0v) is 22.3. The highest BCUT2D eigenvalue weighted by Crippen LogP contribution is 2.75. The van der Waals surface area contributed by atoms with Gasteiger partial charge in [-0.3, -0.25) is 4.79 Å². The van der Waals surface area contributed by atoms with Crippen molar-refractivity contribution in [3.63, 3.8) is 0 Å². The van der Waals surface area contributed by atoms with Crippen molar-refractivity contribution in [1.29, 1.82) is 0 Å². The summed E-state index contributed by atoms with van der Waals surface area (Å²) in [4.78, 5) is 13.4. The van der Waals surface area contributed by atoms with Gasteiger partial charge in [-0.25, -0.2) is 0 Å². The standard InChI is InChI=1S/C30H44O4/c1-24(2)19-10-13-27(5)20(25(19,3)12-11-21(24)31)9-8-18-22-29(7,33)28(6)15-17-30(22,23(32)34-28)16-14-26(18,27)4/h8-9,19-21,31,33H,10-17H2,1-7H3/t19-,20-,21+,25+,26-,27-,28+,29+,30-/m1/s1. The van der Waals surface area contributed by atoms with Crippen molar-refractivity contribution >= 4 is 5.97 Å². The average molecular weight is 469 g/mol. The van der Waals surface area contributed by atoms with E-state index in [0.717, 1.165) is 56.9 Å². The summed E-state index contributed by atoms with van der Waals surface area (Å²) in [6, 6.07) is 0. The number of hydrogen-bond acceptors (Lipinski definition) is 4. The van der Waals surface area contributed by atoms with Crippen molar-refractivity contribution in [1.82, 2.24) is 0 Å². The molecule has 1 spiro atoms. The molecule has 4 nitrogen and oxygen atoms in total. The third-order valence-corrected chi connectivity index (χ3v) is 13.2. The van der Waals surface area contributed by atoms with E-state index in [4.69, 9.17) is 4.74 Å². The van der Waals surface area contributed by atoms with Crippen LogP contribution in [0.3, 0.4) is 0 Å². The molecule has 2 heterocycles. The molecule has 2 saturated heterocycles. The first kappa shape index (κ1) is 23.3. The minimum atomic E-state index is -1.15. The second-order valence-corrected chi connectivity index (χ2v) is 14.6. The van der Waals surface area contributed by atoms with Gasteiger partial charge in [0, 0.05) is 0 Å². The van der Waals surface area contributed by atoms with Gasteiger partial charge in [0.2, 0.25) is 0 Å². The molecule has 3 saturated carbocycles. The van der Waals surface area contributed by atoms with Crippen LogP contribution in [0.1, 0.15) is 99.8 Å². The number of ether oxygens (including phenoxy) is 1. The molecule has 0 aromatic carbocycles. The largest absolute Gasteiger partial charge is 0.455 e. The van der Waals surface area contributed by atoms with E-state index in [0.29, 0.717) is 11.8 Å². The summed E-state index contributed by atoms with van der Waals surface area (Å²) in [5.74, 6) is 0.792. The molecular weight excluding hydrogens is 424 g/mol. The summed E-state index contributed by atoms with van der Waals surface area (Å²) in [7, 11) is 0. The SMILES string of the molecule is CC1(C)[C@H]2CC[C@]3(C)[C@H](C=CC4=C5[C@]6(CC[C@](C)(OC6=O)[C@@]5(C)O)CC[C@]43C)[C@@]2(C)CC[C@@H]1O. The highest BCUT2D eigenvalue weighted by molar-refractivity contribution is 5.86. The first-order valence-electron chi connectivity index (χ1n) is 13.7. The van der Waals surface area contributed by atoms with Crippen LogP contribution in [-0.4, -0.2) is 33.5 Å². The van der Waals surface area contributed by atoms with Crippen LogP contribution in [0.4, 0.5) is 0 Å². The van der Waals surface area contributed by atoms with Gasteiger partial charge in [0.25, 0.3) is 0 Å². The Morgan fingerprint density at radius 3 is 2.26 bits per heavy atom. The number of hydrogen-bond donors (Lipinski definition) is 2. The van der Waals surface area contributed by atoms with Crippen LogP contribution in [0.15, 0.2) is 23.3 Å². The Morgan fingerprint density at radius 1 is 0.912 bits per heavy atom. The van der Waals surface area contributed by atoms with Gasteiger partial charge in [0.1, 0.15) is 11.2 Å². The molecule has 0 amide bonds. The first-order chi connectivity index (χ1) is 15.6. The monoisotopic (exact) mass is 468 g/mol. The Kier molecular flexibility index (Phi) is 4.26. The van der Waals surface area contributed by atoms with Crippen LogP contribution in [0.25, 0.3) is 0 Å². The Morgan fingerprint density at radius 2 is 1.59 bits per heavy atom. The zero-order valence-electron chi connectivity index (χ0n) is 22.3. The molecule has 7 aliphatic rings. The molecule has 0 unspecified atom stereocenters. The van der Waals surface area contributed by atoms with Gasteiger partial charge >= 0.3 is 5.97 Å². The fraction of sp³-hybridized carbons (Fsp3) is 0.833. The zero-order chi connectivity index (χ0) is 24.7. The van der Waals surface area contributed by atoms with Crippen molar-refractivity contribution in [2.24, 2.45) is 38.9 Å². The van der Waals surface area contributed by atoms with Crippen molar-refractivity contribution in [2.45, 2.75) is 117 Å². The fourth-order valence-electron chi connectivity index (χ4n) is 10.5. The van der Waals surface area contributed by atoms with Crippen LogP contribution in [0.2, 0.25) is 0 Å². The molecule has 188 valence electrons. The number of aliphatic hydroxyl groups excluding tert-OH is 1. The van der Waals surface area contributed by atoms with E-state index in [-0.39, 0.29) is 33.7 Å². The van der Waals surface area contributed by atoms with Gasteiger partial charge in [-0.15, -0.1) is 0 Å². The highest BCUT2D eigenvalue weighted by atomic mass is 16.6. The number of carbonyl (C=O) groups is 1. The third-order valence-electron chi connectivity index (χ3n) is 13.2. The van der Waals surface area contributed by atoms with Crippen molar-refractivity contribution < 1.29 is 19.7 Å². The maximum Gasteiger partial charge on any atom is 0.317 e. The highest BCUT2D eigenvalue weighted by Gasteiger charge is 2.73. The molecule has 5 aliphatic carbocycles. The number of allylic oxidation sites excluding steroid dienone is 3. The van der Waals surface area contributed by atoms with Crippen LogP contribution in [0, 0.1) is 38.9 Å². The number of esters is 1. The lowest BCUT2D eigenvalue weighted by Crippen LogP contribution is -2.71. The predicted molar refractivity (Wildman–Crippen MR) is 132 cm³/mol. The molecule has 9 atom stereocenters. The summed E-state index contributed by atoms with van der Waals surface area (Å²) in [5, 5.41) is 22.9. The number of rotatable bonds is 0. The molecule has 4 heteroatoms. The number of carbonyl (C=O) groups excluding carboxylic acids is 1. The molecule has 0 radical (unpaired) electrons. The van der Waals surface area contributed by atoms with E-state index in [2.05, 4.69) is 46.8 Å². The average Bonchev–Trinajstić information content (AvgIpc) is 2.74. The van der Waals surface area contributed by atoms with E-state index in [1.165, 1.54) is 5.57 Å². The molecule has 5 fully saturated rings. The molecule has 2 aliphatic heterocycles. The molecule has 7 rings (SSSR count). The van der Waals surface area contributed by atoms with Gasteiger partial charge in [-0.2, -0.15) is 0 Å². The van der Waals surface area contributed by atoms with Crippen LogP contribution < -0.4 is 0 Å². The van der Waals surface area contributed by atoms with Gasteiger partial charge in [-0.05, 0) is 110 Å². The minimum absolute atomic E-state index is 0.0485. The molecule has 2 bridgehead atoms. The second kappa shape index (κ2) is 6.22. The predicted octanol–water partition coefficient (Wildman–Crippen LogP) is 5.72. The van der Waals surface area contributed by atoms with Gasteiger partial charge in [0.05, 0.1) is 11.5 Å². The lowest BCUT2D eigenvalue weighted by Gasteiger charge is -2.70. The van der Waals surface area contributed by atoms with Gasteiger partial charge < -0.3 is 14.9 Å². The maximum atomic E-state index is 13.4. The Labute approximate surface area is 205 Å². The number of fused-ring (bicyclic) bond motifs is 7.